The molecule has 1 amide bonds. The summed E-state index contributed by atoms with van der Waals surface area (Å²) in [4.78, 5) is 24.0. The first kappa shape index (κ1) is 16.0. The SMILES string of the molecule is CSCCCN(C)C(=O)c1cc([N+](=O)[O-])ccc1Br. The van der Waals surface area contributed by atoms with E-state index in [0.29, 0.717) is 16.6 Å². The lowest BCUT2D eigenvalue weighted by Gasteiger charge is -2.17. The van der Waals surface area contributed by atoms with E-state index < -0.39 is 4.92 Å². The van der Waals surface area contributed by atoms with Crippen LogP contribution in [0.15, 0.2) is 22.7 Å². The molecule has 0 aliphatic carbocycles. The van der Waals surface area contributed by atoms with Gasteiger partial charge in [0.1, 0.15) is 0 Å². The second-order valence-electron chi connectivity index (χ2n) is 3.99. The van der Waals surface area contributed by atoms with Crippen LogP contribution < -0.4 is 0 Å². The van der Waals surface area contributed by atoms with Crippen molar-refractivity contribution < 1.29 is 9.72 Å². The van der Waals surface area contributed by atoms with Gasteiger partial charge in [0.05, 0.1) is 10.5 Å². The molecule has 0 heterocycles. The molecule has 1 aromatic carbocycles. The molecular weight excluding hydrogens is 332 g/mol. The van der Waals surface area contributed by atoms with E-state index in [4.69, 9.17) is 0 Å². The van der Waals surface area contributed by atoms with Crippen molar-refractivity contribution in [2.75, 3.05) is 25.6 Å². The number of nitro groups is 1. The molecule has 0 saturated heterocycles. The van der Waals surface area contributed by atoms with Crippen molar-refractivity contribution in [3.63, 3.8) is 0 Å². The average molecular weight is 347 g/mol. The number of nitro benzene ring substituents is 1. The second-order valence-corrected chi connectivity index (χ2v) is 5.83. The molecule has 0 atom stereocenters. The minimum atomic E-state index is -0.503. The molecule has 1 aromatic rings. The number of halogens is 1. The predicted molar refractivity (Wildman–Crippen MR) is 80.8 cm³/mol. The number of thioether (sulfide) groups is 1. The van der Waals surface area contributed by atoms with Gasteiger partial charge in [0.25, 0.3) is 11.6 Å². The molecule has 0 aliphatic rings. The maximum atomic E-state index is 12.2. The smallest absolute Gasteiger partial charge is 0.270 e. The summed E-state index contributed by atoms with van der Waals surface area (Å²) < 4.78 is 0.569. The van der Waals surface area contributed by atoms with Crippen LogP contribution in [0.5, 0.6) is 0 Å². The fraction of sp³-hybridized carbons (Fsp3) is 0.417. The van der Waals surface area contributed by atoms with Crippen LogP contribution in [0, 0.1) is 10.1 Å². The zero-order chi connectivity index (χ0) is 14.4. The highest BCUT2D eigenvalue weighted by Crippen LogP contribution is 2.23. The Morgan fingerprint density at radius 3 is 2.79 bits per heavy atom. The first-order valence-electron chi connectivity index (χ1n) is 5.65. The summed E-state index contributed by atoms with van der Waals surface area (Å²) >= 11 is 4.98. The summed E-state index contributed by atoms with van der Waals surface area (Å²) in [7, 11) is 1.70. The second kappa shape index (κ2) is 7.49. The van der Waals surface area contributed by atoms with Crippen molar-refractivity contribution in [2.24, 2.45) is 0 Å². The van der Waals surface area contributed by atoms with Gasteiger partial charge in [0.2, 0.25) is 0 Å². The van der Waals surface area contributed by atoms with Gasteiger partial charge in [0.15, 0.2) is 0 Å². The van der Waals surface area contributed by atoms with Gasteiger partial charge in [-0.2, -0.15) is 11.8 Å². The minimum Gasteiger partial charge on any atom is -0.342 e. The van der Waals surface area contributed by atoms with Crippen LogP contribution in [0.25, 0.3) is 0 Å². The predicted octanol–water partition coefficient (Wildman–Crippen LogP) is 3.18. The largest absolute Gasteiger partial charge is 0.342 e. The normalized spacial score (nSPS) is 10.3. The number of non-ortho nitro benzene ring substituents is 1. The fourth-order valence-corrected chi connectivity index (χ4v) is 2.38. The summed E-state index contributed by atoms with van der Waals surface area (Å²) in [5.41, 5.74) is 0.241. The lowest BCUT2D eigenvalue weighted by Crippen LogP contribution is -2.28. The summed E-state index contributed by atoms with van der Waals surface area (Å²) in [5.74, 6) is 0.768. The van der Waals surface area contributed by atoms with E-state index in [-0.39, 0.29) is 11.6 Å². The number of amides is 1. The van der Waals surface area contributed by atoms with Crippen molar-refractivity contribution in [1.29, 1.82) is 0 Å². The zero-order valence-electron chi connectivity index (χ0n) is 10.8. The zero-order valence-corrected chi connectivity index (χ0v) is 13.2. The molecule has 0 bridgehead atoms. The number of carbonyl (C=O) groups excluding carboxylic acids is 1. The van der Waals surface area contributed by atoms with Crippen LogP contribution in [-0.4, -0.2) is 41.3 Å². The van der Waals surface area contributed by atoms with Crippen LogP contribution >= 0.6 is 27.7 Å². The molecule has 19 heavy (non-hydrogen) atoms. The van der Waals surface area contributed by atoms with Gasteiger partial charge >= 0.3 is 0 Å². The average Bonchev–Trinajstić information content (AvgIpc) is 2.38. The molecule has 1 rings (SSSR count). The standard InChI is InChI=1S/C12H15BrN2O3S/c1-14(6-3-7-19-2)12(16)10-8-9(15(17)18)4-5-11(10)13/h4-5,8H,3,6-7H2,1-2H3. The fourth-order valence-electron chi connectivity index (χ4n) is 1.54. The van der Waals surface area contributed by atoms with E-state index in [0.717, 1.165) is 12.2 Å². The lowest BCUT2D eigenvalue weighted by atomic mass is 10.2. The van der Waals surface area contributed by atoms with Crippen molar-refractivity contribution >= 4 is 39.3 Å². The molecule has 0 N–H and O–H groups in total. The van der Waals surface area contributed by atoms with Gasteiger partial charge in [-0.3, -0.25) is 14.9 Å². The number of rotatable bonds is 6. The Bertz CT molecular complexity index is 482. The van der Waals surface area contributed by atoms with E-state index in [9.17, 15) is 14.9 Å². The molecule has 0 fully saturated rings. The Morgan fingerprint density at radius 2 is 2.21 bits per heavy atom. The number of nitrogens with zero attached hydrogens (tertiary/aromatic N) is 2. The van der Waals surface area contributed by atoms with Crippen molar-refractivity contribution in [3.8, 4) is 0 Å². The van der Waals surface area contributed by atoms with Crippen LogP contribution in [0.1, 0.15) is 16.8 Å². The summed E-state index contributed by atoms with van der Waals surface area (Å²) in [5, 5.41) is 10.7. The Balaban J connectivity index is 2.86. The van der Waals surface area contributed by atoms with E-state index in [1.807, 2.05) is 6.26 Å². The molecule has 0 radical (unpaired) electrons. The van der Waals surface area contributed by atoms with Gasteiger partial charge in [-0.25, -0.2) is 0 Å². The molecule has 0 spiro atoms. The number of benzene rings is 1. The molecule has 0 aliphatic heterocycles. The summed E-state index contributed by atoms with van der Waals surface area (Å²) in [6.07, 6.45) is 2.91. The topological polar surface area (TPSA) is 63.5 Å². The maximum absolute atomic E-state index is 12.2. The van der Waals surface area contributed by atoms with Crippen LogP contribution in [-0.2, 0) is 0 Å². The number of hydrogen-bond acceptors (Lipinski definition) is 4. The highest BCUT2D eigenvalue weighted by atomic mass is 79.9. The highest BCUT2D eigenvalue weighted by molar-refractivity contribution is 9.10. The minimum absolute atomic E-state index is 0.0796. The Hall–Kier alpha value is -1.08. The Morgan fingerprint density at radius 1 is 1.53 bits per heavy atom. The highest BCUT2D eigenvalue weighted by Gasteiger charge is 2.18. The third-order valence-corrected chi connectivity index (χ3v) is 3.97. The molecule has 104 valence electrons. The lowest BCUT2D eigenvalue weighted by molar-refractivity contribution is -0.384. The van der Waals surface area contributed by atoms with E-state index in [1.54, 1.807) is 23.7 Å². The Labute approximate surface area is 124 Å². The van der Waals surface area contributed by atoms with Gasteiger partial charge in [-0.05, 0) is 40.4 Å². The molecule has 5 nitrogen and oxygen atoms in total. The van der Waals surface area contributed by atoms with E-state index in [1.165, 1.54) is 18.2 Å². The number of carbonyl (C=O) groups is 1. The van der Waals surface area contributed by atoms with E-state index in [2.05, 4.69) is 15.9 Å². The monoisotopic (exact) mass is 346 g/mol. The molecule has 0 aromatic heterocycles. The van der Waals surface area contributed by atoms with Gasteiger partial charge in [-0.1, -0.05) is 0 Å². The van der Waals surface area contributed by atoms with Gasteiger partial charge in [-0.15, -0.1) is 0 Å². The van der Waals surface area contributed by atoms with Crippen molar-refractivity contribution in [3.05, 3.63) is 38.3 Å². The molecule has 7 heteroatoms. The third-order valence-electron chi connectivity index (χ3n) is 2.58. The van der Waals surface area contributed by atoms with E-state index >= 15 is 0 Å². The van der Waals surface area contributed by atoms with Crippen LogP contribution in [0.2, 0.25) is 0 Å². The summed E-state index contributed by atoms with van der Waals surface area (Å²) in [6, 6.07) is 4.20. The molecule has 0 unspecified atom stereocenters. The first-order chi connectivity index (χ1) is 8.97. The maximum Gasteiger partial charge on any atom is 0.270 e. The Kier molecular flexibility index (Phi) is 6.30. The van der Waals surface area contributed by atoms with Gasteiger partial charge in [0, 0.05) is 30.2 Å². The van der Waals surface area contributed by atoms with Crippen LogP contribution in [0.4, 0.5) is 5.69 Å². The number of hydrogen-bond donors (Lipinski definition) is 0. The first-order valence-corrected chi connectivity index (χ1v) is 7.84. The van der Waals surface area contributed by atoms with Gasteiger partial charge < -0.3 is 4.90 Å². The third kappa shape index (κ3) is 4.50. The van der Waals surface area contributed by atoms with Crippen LogP contribution in [0.3, 0.4) is 0 Å². The molecule has 0 saturated carbocycles. The van der Waals surface area contributed by atoms with Crippen molar-refractivity contribution in [1.82, 2.24) is 4.90 Å². The summed E-state index contributed by atoms with van der Waals surface area (Å²) in [6.45, 7) is 0.634. The molecular formula is C12H15BrN2O3S. The quantitative estimate of drug-likeness (QED) is 0.450. The van der Waals surface area contributed by atoms with Crippen molar-refractivity contribution in [2.45, 2.75) is 6.42 Å².